The summed E-state index contributed by atoms with van der Waals surface area (Å²) in [6.07, 6.45) is 3.69. The van der Waals surface area contributed by atoms with Gasteiger partial charge < -0.3 is 19.6 Å². The fourth-order valence-electron chi connectivity index (χ4n) is 3.21. The van der Waals surface area contributed by atoms with Crippen molar-refractivity contribution < 1.29 is 0 Å². The molecular formula is C17H37N6. The second kappa shape index (κ2) is 11.3. The summed E-state index contributed by atoms with van der Waals surface area (Å²) in [4.78, 5) is 9.97. The van der Waals surface area contributed by atoms with Gasteiger partial charge >= 0.3 is 0 Å². The molecule has 0 aromatic rings. The Hall–Kier alpha value is -0.240. The number of hydrogen-bond donors (Lipinski definition) is 1. The normalized spacial score (nSPS) is 22.7. The zero-order valence-electron chi connectivity index (χ0n) is 15.3. The van der Waals surface area contributed by atoms with Crippen LogP contribution in [0.3, 0.4) is 0 Å². The zero-order valence-corrected chi connectivity index (χ0v) is 15.3. The van der Waals surface area contributed by atoms with Crippen LogP contribution >= 0.6 is 0 Å². The van der Waals surface area contributed by atoms with Crippen molar-refractivity contribution >= 4 is 0 Å². The Kier molecular flexibility index (Phi) is 9.41. The van der Waals surface area contributed by atoms with Gasteiger partial charge in [-0.15, -0.1) is 0 Å². The third-order valence-corrected chi connectivity index (χ3v) is 5.06. The Bertz CT molecular complexity index is 257. The SMILES string of the molecule is CN1CCN(CCCCN[N]CCCN2CCN(C)CC2)CC1. The van der Waals surface area contributed by atoms with Crippen molar-refractivity contribution in [3.63, 3.8) is 0 Å². The molecule has 0 saturated carbocycles. The first-order valence-corrected chi connectivity index (χ1v) is 9.45. The van der Waals surface area contributed by atoms with E-state index >= 15 is 0 Å². The first kappa shape index (κ1) is 19.1. The average molecular weight is 326 g/mol. The lowest BCUT2D eigenvalue weighted by Crippen LogP contribution is -2.45. The van der Waals surface area contributed by atoms with E-state index in [0.717, 1.165) is 13.1 Å². The molecule has 0 aromatic heterocycles. The van der Waals surface area contributed by atoms with Crippen LogP contribution in [0, 0.1) is 0 Å². The second-order valence-corrected chi connectivity index (χ2v) is 7.14. The number of nitrogens with zero attached hydrogens (tertiary/aromatic N) is 5. The van der Waals surface area contributed by atoms with Gasteiger partial charge in [0.2, 0.25) is 0 Å². The molecule has 1 N–H and O–H groups in total. The number of piperazine rings is 2. The minimum atomic E-state index is 0.949. The monoisotopic (exact) mass is 325 g/mol. The molecule has 0 spiro atoms. The van der Waals surface area contributed by atoms with Gasteiger partial charge in [0.15, 0.2) is 0 Å². The van der Waals surface area contributed by atoms with Crippen molar-refractivity contribution in [2.45, 2.75) is 19.3 Å². The molecule has 6 nitrogen and oxygen atoms in total. The van der Waals surface area contributed by atoms with Gasteiger partial charge in [-0.2, -0.15) is 5.43 Å². The van der Waals surface area contributed by atoms with E-state index in [1.54, 1.807) is 0 Å². The maximum atomic E-state index is 4.46. The van der Waals surface area contributed by atoms with Crippen molar-refractivity contribution in [1.29, 1.82) is 0 Å². The molecular weight excluding hydrogens is 288 g/mol. The third-order valence-electron chi connectivity index (χ3n) is 5.06. The summed E-state index contributed by atoms with van der Waals surface area (Å²) < 4.78 is 0. The van der Waals surface area contributed by atoms with Crippen molar-refractivity contribution in [1.82, 2.24) is 30.5 Å². The fraction of sp³-hybridized carbons (Fsp3) is 1.00. The number of hydrogen-bond acceptors (Lipinski definition) is 5. The second-order valence-electron chi connectivity index (χ2n) is 7.14. The van der Waals surface area contributed by atoms with Gasteiger partial charge in [0.25, 0.3) is 0 Å². The Morgan fingerprint density at radius 1 is 0.696 bits per heavy atom. The molecule has 2 aliphatic heterocycles. The summed E-state index contributed by atoms with van der Waals surface area (Å²) in [5.41, 5.74) is 7.70. The van der Waals surface area contributed by atoms with Gasteiger partial charge in [-0.3, -0.25) is 0 Å². The Morgan fingerprint density at radius 2 is 1.22 bits per heavy atom. The molecule has 6 heteroatoms. The summed E-state index contributed by atoms with van der Waals surface area (Å²) in [6.45, 7) is 14.2. The number of nitrogens with one attached hydrogen (secondary N) is 1. The Labute approximate surface area is 143 Å². The zero-order chi connectivity index (χ0) is 16.3. The molecule has 135 valence electrons. The van der Waals surface area contributed by atoms with E-state index in [9.17, 15) is 0 Å². The largest absolute Gasteiger partial charge is 0.304 e. The molecule has 1 radical (unpaired) electrons. The quantitative estimate of drug-likeness (QED) is 0.443. The van der Waals surface area contributed by atoms with E-state index in [-0.39, 0.29) is 0 Å². The van der Waals surface area contributed by atoms with Crippen LogP contribution in [-0.2, 0) is 0 Å². The molecule has 0 aliphatic carbocycles. The maximum Gasteiger partial charge on any atom is 0.0316 e. The minimum Gasteiger partial charge on any atom is -0.304 e. The smallest absolute Gasteiger partial charge is 0.0316 e. The molecule has 0 bridgehead atoms. The van der Waals surface area contributed by atoms with Crippen LogP contribution in [0.15, 0.2) is 0 Å². The van der Waals surface area contributed by atoms with Gasteiger partial charge in [0.1, 0.15) is 0 Å². The highest BCUT2D eigenvalue weighted by Gasteiger charge is 2.13. The molecule has 0 unspecified atom stereocenters. The lowest BCUT2D eigenvalue weighted by atomic mass is 10.2. The lowest BCUT2D eigenvalue weighted by Gasteiger charge is -2.32. The van der Waals surface area contributed by atoms with Crippen LogP contribution in [0.2, 0.25) is 0 Å². The molecule has 2 fully saturated rings. The highest BCUT2D eigenvalue weighted by Crippen LogP contribution is 2.01. The molecule has 23 heavy (non-hydrogen) atoms. The van der Waals surface area contributed by atoms with E-state index in [2.05, 4.69) is 44.5 Å². The topological polar surface area (TPSA) is 39.1 Å². The molecule has 2 heterocycles. The van der Waals surface area contributed by atoms with Crippen LogP contribution in [0.4, 0.5) is 0 Å². The first-order chi connectivity index (χ1) is 11.2. The van der Waals surface area contributed by atoms with Crippen LogP contribution in [-0.4, -0.2) is 112 Å². The van der Waals surface area contributed by atoms with E-state index in [4.69, 9.17) is 0 Å². The standard InChI is InChI=1S/C17H37N6/c1-20-10-14-22(15-11-20)8-4-3-6-18-19-7-5-9-23-16-12-21(2)13-17-23/h18H,3-17H2,1-2H3. The van der Waals surface area contributed by atoms with Gasteiger partial charge in [0.05, 0.1) is 0 Å². The Morgan fingerprint density at radius 3 is 1.78 bits per heavy atom. The Balaban J connectivity index is 1.32. The third kappa shape index (κ3) is 8.42. The predicted octanol–water partition coefficient (Wildman–Crippen LogP) is -0.239. The highest BCUT2D eigenvalue weighted by molar-refractivity contribution is 4.70. The van der Waals surface area contributed by atoms with E-state index in [1.165, 1.54) is 84.7 Å². The van der Waals surface area contributed by atoms with Crippen molar-refractivity contribution in [3.05, 3.63) is 0 Å². The van der Waals surface area contributed by atoms with Crippen molar-refractivity contribution in [3.8, 4) is 0 Å². The van der Waals surface area contributed by atoms with Crippen molar-refractivity contribution in [2.75, 3.05) is 92.6 Å². The summed E-state index contributed by atoms with van der Waals surface area (Å²) >= 11 is 0. The van der Waals surface area contributed by atoms with Gasteiger partial charge in [-0.05, 0) is 46.4 Å². The molecule has 0 amide bonds. The van der Waals surface area contributed by atoms with E-state index in [1.807, 2.05) is 0 Å². The average Bonchev–Trinajstić information content (AvgIpc) is 2.56. The van der Waals surface area contributed by atoms with Crippen LogP contribution < -0.4 is 10.9 Å². The maximum absolute atomic E-state index is 4.46. The molecule has 2 rings (SSSR count). The van der Waals surface area contributed by atoms with Crippen LogP contribution in [0.5, 0.6) is 0 Å². The highest BCUT2D eigenvalue weighted by atomic mass is 15.3. The molecule has 2 aliphatic rings. The lowest BCUT2D eigenvalue weighted by molar-refractivity contribution is 0.151. The summed E-state index contributed by atoms with van der Waals surface area (Å²) in [5.74, 6) is 0. The van der Waals surface area contributed by atoms with E-state index in [0.29, 0.717) is 0 Å². The van der Waals surface area contributed by atoms with Crippen LogP contribution in [0.1, 0.15) is 19.3 Å². The van der Waals surface area contributed by atoms with Gasteiger partial charge in [-0.1, -0.05) is 0 Å². The number of rotatable bonds is 10. The summed E-state index contributed by atoms with van der Waals surface area (Å²) in [6, 6.07) is 0. The number of likely N-dealkylation sites (N-methyl/N-ethyl adjacent to an activating group) is 2. The number of unbranched alkanes of at least 4 members (excludes halogenated alkanes) is 1. The van der Waals surface area contributed by atoms with Gasteiger partial charge in [-0.25, -0.2) is 5.43 Å². The minimum absolute atomic E-state index is 0.949. The van der Waals surface area contributed by atoms with Crippen LogP contribution in [0.25, 0.3) is 0 Å². The fourth-order valence-corrected chi connectivity index (χ4v) is 3.21. The van der Waals surface area contributed by atoms with E-state index < -0.39 is 0 Å². The van der Waals surface area contributed by atoms with Crippen molar-refractivity contribution in [2.24, 2.45) is 0 Å². The first-order valence-electron chi connectivity index (χ1n) is 9.45. The van der Waals surface area contributed by atoms with Gasteiger partial charge in [0, 0.05) is 65.4 Å². The molecule has 0 atom stereocenters. The summed E-state index contributed by atoms with van der Waals surface area (Å²) in [5, 5.41) is 0. The predicted molar refractivity (Wildman–Crippen MR) is 96.7 cm³/mol. The molecule has 2 saturated heterocycles. The summed E-state index contributed by atoms with van der Waals surface area (Å²) in [7, 11) is 4.42. The molecule has 0 aromatic carbocycles.